The van der Waals surface area contributed by atoms with E-state index >= 15 is 0 Å². The van der Waals surface area contributed by atoms with E-state index in [1.54, 1.807) is 13.3 Å². The Balaban J connectivity index is 2.70. The fraction of sp³-hybridized carbons (Fsp3) is 0.625. The molecule has 0 fully saturated rings. The Hall–Kier alpha value is -0.870. The number of aliphatic hydroxyl groups excluding tert-OH is 1. The normalized spacial score (nSPS) is 16.0. The Kier molecular flexibility index (Phi) is 2.49. The molecule has 1 unspecified atom stereocenters. The number of aromatic amines is 1. The van der Waals surface area contributed by atoms with Gasteiger partial charge in [0.25, 0.3) is 0 Å². The van der Waals surface area contributed by atoms with E-state index in [1.807, 2.05) is 6.92 Å². The maximum atomic E-state index is 8.92. The molecule has 1 rings (SSSR count). The van der Waals surface area contributed by atoms with E-state index in [9.17, 15) is 0 Å². The molecule has 4 N–H and O–H groups in total. The first kappa shape index (κ1) is 9.22. The van der Waals surface area contributed by atoms with Crippen LogP contribution in [0.1, 0.15) is 18.3 Å². The molecule has 0 radical (unpaired) electrons. The molecule has 0 aliphatic heterocycles. The lowest BCUT2D eigenvalue weighted by Crippen LogP contribution is -2.42. The Morgan fingerprint density at radius 3 is 2.83 bits per heavy atom. The monoisotopic (exact) mass is 169 g/mol. The highest BCUT2D eigenvalue weighted by atomic mass is 16.3. The molecule has 0 bridgehead atoms. The lowest BCUT2D eigenvalue weighted by atomic mass is 9.98. The van der Waals surface area contributed by atoms with E-state index in [1.165, 1.54) is 0 Å². The first-order chi connectivity index (χ1) is 5.55. The number of aliphatic hydroxyl groups is 1. The van der Waals surface area contributed by atoms with Gasteiger partial charge in [-0.2, -0.15) is 0 Å². The number of hydrogen-bond donors (Lipinski definition) is 3. The number of rotatable bonds is 3. The summed E-state index contributed by atoms with van der Waals surface area (Å²) in [5.74, 6) is 0. The third kappa shape index (κ3) is 2.06. The third-order valence-electron chi connectivity index (χ3n) is 1.87. The van der Waals surface area contributed by atoms with Gasteiger partial charge in [-0.15, -0.1) is 0 Å². The van der Waals surface area contributed by atoms with Gasteiger partial charge in [0.15, 0.2) is 0 Å². The number of hydrogen-bond acceptors (Lipinski definition) is 3. The summed E-state index contributed by atoms with van der Waals surface area (Å²) in [7, 11) is 0. The van der Waals surface area contributed by atoms with Crippen molar-refractivity contribution in [3.63, 3.8) is 0 Å². The summed E-state index contributed by atoms with van der Waals surface area (Å²) in [6, 6.07) is 0. The molecule has 12 heavy (non-hydrogen) atoms. The van der Waals surface area contributed by atoms with E-state index in [0.717, 1.165) is 11.4 Å². The van der Waals surface area contributed by atoms with Crippen molar-refractivity contribution in [2.45, 2.75) is 25.8 Å². The van der Waals surface area contributed by atoms with E-state index in [4.69, 9.17) is 10.8 Å². The minimum absolute atomic E-state index is 0.0285. The molecule has 0 saturated carbocycles. The number of aryl methyl sites for hydroxylation is 1. The van der Waals surface area contributed by atoms with Gasteiger partial charge >= 0.3 is 0 Å². The van der Waals surface area contributed by atoms with Crippen LogP contribution in [-0.2, 0) is 6.42 Å². The minimum Gasteiger partial charge on any atom is -0.394 e. The Morgan fingerprint density at radius 1 is 1.75 bits per heavy atom. The highest BCUT2D eigenvalue weighted by Crippen LogP contribution is 2.10. The van der Waals surface area contributed by atoms with Crippen LogP contribution in [0.3, 0.4) is 0 Å². The van der Waals surface area contributed by atoms with Crippen LogP contribution >= 0.6 is 0 Å². The summed E-state index contributed by atoms with van der Waals surface area (Å²) < 4.78 is 0. The molecule has 1 heterocycles. The fourth-order valence-corrected chi connectivity index (χ4v) is 1.00. The zero-order chi connectivity index (χ0) is 9.19. The molecule has 0 aliphatic rings. The maximum Gasteiger partial charge on any atom is 0.0925 e. The summed E-state index contributed by atoms with van der Waals surface area (Å²) in [4.78, 5) is 7.07. The second-order valence-electron chi connectivity index (χ2n) is 3.46. The number of imidazole rings is 1. The summed E-state index contributed by atoms with van der Waals surface area (Å²) in [5.41, 5.74) is 7.14. The second kappa shape index (κ2) is 3.25. The van der Waals surface area contributed by atoms with Gasteiger partial charge in [-0.25, -0.2) is 4.98 Å². The van der Waals surface area contributed by atoms with E-state index in [-0.39, 0.29) is 6.61 Å². The molecule has 1 aromatic heterocycles. The van der Waals surface area contributed by atoms with Crippen molar-refractivity contribution in [3.05, 3.63) is 17.7 Å². The summed E-state index contributed by atoms with van der Waals surface area (Å²) in [6.07, 6.45) is 2.23. The Labute approximate surface area is 71.8 Å². The van der Waals surface area contributed by atoms with Crippen LogP contribution in [0.15, 0.2) is 6.33 Å². The molecular formula is C8H15N3O. The van der Waals surface area contributed by atoms with E-state index in [0.29, 0.717) is 6.42 Å². The van der Waals surface area contributed by atoms with Crippen molar-refractivity contribution in [2.24, 2.45) is 5.73 Å². The van der Waals surface area contributed by atoms with Gasteiger partial charge in [0.2, 0.25) is 0 Å². The summed E-state index contributed by atoms with van der Waals surface area (Å²) >= 11 is 0. The van der Waals surface area contributed by atoms with Gasteiger partial charge in [-0.05, 0) is 13.8 Å². The maximum absolute atomic E-state index is 8.92. The van der Waals surface area contributed by atoms with Crippen LogP contribution in [0.25, 0.3) is 0 Å². The predicted octanol–water partition coefficient (Wildman–Crippen LogP) is -0.0297. The number of nitrogens with one attached hydrogen (secondary N) is 1. The molecule has 68 valence electrons. The standard InChI is InChI=1S/C8H15N3O/c1-6-7(11-5-10-6)3-8(2,9)4-12/h5,12H,3-4,9H2,1-2H3,(H,10,11). The largest absolute Gasteiger partial charge is 0.394 e. The molecule has 0 aromatic carbocycles. The molecule has 1 atom stereocenters. The molecule has 0 saturated heterocycles. The lowest BCUT2D eigenvalue weighted by Gasteiger charge is -2.20. The van der Waals surface area contributed by atoms with Crippen molar-refractivity contribution < 1.29 is 5.11 Å². The quantitative estimate of drug-likeness (QED) is 0.594. The number of nitrogens with zero attached hydrogens (tertiary/aromatic N) is 1. The number of H-pyrrole nitrogens is 1. The molecule has 0 spiro atoms. The first-order valence-electron chi connectivity index (χ1n) is 3.94. The van der Waals surface area contributed by atoms with Gasteiger partial charge < -0.3 is 15.8 Å². The highest BCUT2D eigenvalue weighted by molar-refractivity contribution is 5.12. The van der Waals surface area contributed by atoms with Crippen LogP contribution < -0.4 is 5.73 Å². The van der Waals surface area contributed by atoms with Crippen LogP contribution in [0.2, 0.25) is 0 Å². The van der Waals surface area contributed by atoms with Gasteiger partial charge in [0.05, 0.1) is 18.6 Å². The van der Waals surface area contributed by atoms with Gasteiger partial charge in [-0.3, -0.25) is 0 Å². The predicted molar refractivity (Wildman–Crippen MR) is 46.7 cm³/mol. The van der Waals surface area contributed by atoms with Crippen molar-refractivity contribution in [2.75, 3.05) is 6.61 Å². The van der Waals surface area contributed by atoms with E-state index < -0.39 is 5.54 Å². The average molecular weight is 169 g/mol. The third-order valence-corrected chi connectivity index (χ3v) is 1.87. The van der Waals surface area contributed by atoms with Crippen molar-refractivity contribution in [3.8, 4) is 0 Å². The molecular weight excluding hydrogens is 154 g/mol. The van der Waals surface area contributed by atoms with E-state index in [2.05, 4.69) is 9.97 Å². The molecule has 0 aliphatic carbocycles. The SMILES string of the molecule is Cc1[nH]cnc1CC(C)(N)CO. The average Bonchev–Trinajstić information content (AvgIpc) is 2.36. The van der Waals surface area contributed by atoms with Crippen LogP contribution in [-0.4, -0.2) is 27.2 Å². The lowest BCUT2D eigenvalue weighted by molar-refractivity contribution is 0.207. The number of aromatic nitrogens is 2. The topological polar surface area (TPSA) is 74.9 Å². The van der Waals surface area contributed by atoms with Gasteiger partial charge in [0, 0.05) is 17.7 Å². The van der Waals surface area contributed by atoms with Crippen molar-refractivity contribution in [1.29, 1.82) is 0 Å². The van der Waals surface area contributed by atoms with Gasteiger partial charge in [0.1, 0.15) is 0 Å². The fourth-order valence-electron chi connectivity index (χ4n) is 1.00. The molecule has 1 aromatic rings. The van der Waals surface area contributed by atoms with Crippen LogP contribution in [0, 0.1) is 6.92 Å². The summed E-state index contributed by atoms with van der Waals surface area (Å²) in [5, 5.41) is 8.92. The zero-order valence-corrected chi connectivity index (χ0v) is 7.46. The Morgan fingerprint density at radius 2 is 2.42 bits per heavy atom. The Bertz CT molecular complexity index is 255. The molecule has 4 nitrogen and oxygen atoms in total. The first-order valence-corrected chi connectivity index (χ1v) is 3.94. The van der Waals surface area contributed by atoms with Crippen LogP contribution in [0.5, 0.6) is 0 Å². The second-order valence-corrected chi connectivity index (χ2v) is 3.46. The van der Waals surface area contributed by atoms with Crippen molar-refractivity contribution >= 4 is 0 Å². The van der Waals surface area contributed by atoms with Gasteiger partial charge in [-0.1, -0.05) is 0 Å². The smallest absolute Gasteiger partial charge is 0.0925 e. The summed E-state index contributed by atoms with van der Waals surface area (Å²) in [6.45, 7) is 3.72. The van der Waals surface area contributed by atoms with Crippen molar-refractivity contribution in [1.82, 2.24) is 9.97 Å². The van der Waals surface area contributed by atoms with Crippen LogP contribution in [0.4, 0.5) is 0 Å². The molecule has 4 heteroatoms. The minimum atomic E-state index is -0.569. The number of nitrogens with two attached hydrogens (primary N) is 1. The zero-order valence-electron chi connectivity index (χ0n) is 7.46. The molecule has 0 amide bonds. The highest BCUT2D eigenvalue weighted by Gasteiger charge is 2.19.